The monoisotopic (exact) mass is 289 g/mol. The fourth-order valence-electron chi connectivity index (χ4n) is 1.81. The highest BCUT2D eigenvalue weighted by atomic mass is 19.3. The number of rotatable bonds is 10. The molecule has 0 radical (unpaired) electrons. The molecule has 1 unspecified atom stereocenters. The minimum Gasteiger partial charge on any atom is -0.434 e. The standard InChI is InChI=1S/C14H21F2NO3/c1-11(17-7-4-9-19-10-8-18)12-5-2-3-6-13(12)20-14(15)16/h2-3,5-6,11,14,17-18H,4,7-10H2,1H3. The molecule has 0 fully saturated rings. The maximum absolute atomic E-state index is 12.3. The lowest BCUT2D eigenvalue weighted by atomic mass is 10.1. The second-order valence-electron chi connectivity index (χ2n) is 4.28. The van der Waals surface area contributed by atoms with Gasteiger partial charge in [-0.05, 0) is 26.0 Å². The van der Waals surface area contributed by atoms with Crippen LogP contribution in [0.25, 0.3) is 0 Å². The summed E-state index contributed by atoms with van der Waals surface area (Å²) < 4.78 is 34.3. The van der Waals surface area contributed by atoms with Gasteiger partial charge in [-0.15, -0.1) is 0 Å². The maximum Gasteiger partial charge on any atom is 0.387 e. The number of nitrogens with one attached hydrogen (secondary N) is 1. The van der Waals surface area contributed by atoms with Crippen LogP contribution in [0.3, 0.4) is 0 Å². The number of para-hydroxylation sites is 1. The van der Waals surface area contributed by atoms with E-state index in [1.165, 1.54) is 6.07 Å². The SMILES string of the molecule is CC(NCCCOCCO)c1ccccc1OC(F)F. The average molecular weight is 289 g/mol. The quantitative estimate of drug-likeness (QED) is 0.649. The largest absolute Gasteiger partial charge is 0.434 e. The summed E-state index contributed by atoms with van der Waals surface area (Å²) in [7, 11) is 0. The topological polar surface area (TPSA) is 50.7 Å². The first-order valence-corrected chi connectivity index (χ1v) is 6.61. The predicted molar refractivity (Wildman–Crippen MR) is 72.0 cm³/mol. The Bertz CT molecular complexity index is 377. The molecule has 20 heavy (non-hydrogen) atoms. The first kappa shape index (κ1) is 16.8. The summed E-state index contributed by atoms with van der Waals surface area (Å²) in [4.78, 5) is 0. The van der Waals surface area contributed by atoms with Crippen LogP contribution < -0.4 is 10.1 Å². The van der Waals surface area contributed by atoms with E-state index in [0.29, 0.717) is 25.3 Å². The van der Waals surface area contributed by atoms with Crippen molar-refractivity contribution in [2.24, 2.45) is 0 Å². The van der Waals surface area contributed by atoms with E-state index < -0.39 is 6.61 Å². The lowest BCUT2D eigenvalue weighted by Crippen LogP contribution is -2.22. The number of benzene rings is 1. The molecule has 6 heteroatoms. The van der Waals surface area contributed by atoms with E-state index >= 15 is 0 Å². The second kappa shape index (κ2) is 9.63. The molecule has 1 aromatic carbocycles. The van der Waals surface area contributed by atoms with Crippen LogP contribution in [0, 0.1) is 0 Å². The third-order valence-electron chi connectivity index (χ3n) is 2.75. The van der Waals surface area contributed by atoms with Crippen LogP contribution in [0.1, 0.15) is 24.9 Å². The molecule has 0 aromatic heterocycles. The fraction of sp³-hybridized carbons (Fsp3) is 0.571. The molecule has 0 heterocycles. The summed E-state index contributed by atoms with van der Waals surface area (Å²) in [6.07, 6.45) is 0.780. The molecule has 114 valence electrons. The zero-order valence-corrected chi connectivity index (χ0v) is 11.5. The third-order valence-corrected chi connectivity index (χ3v) is 2.75. The van der Waals surface area contributed by atoms with Crippen LogP contribution in [-0.2, 0) is 4.74 Å². The molecule has 1 aromatic rings. The van der Waals surface area contributed by atoms with Crippen LogP contribution >= 0.6 is 0 Å². The van der Waals surface area contributed by atoms with E-state index in [1.54, 1.807) is 18.2 Å². The number of hydrogen-bond donors (Lipinski definition) is 2. The van der Waals surface area contributed by atoms with Gasteiger partial charge in [0.1, 0.15) is 5.75 Å². The van der Waals surface area contributed by atoms with Crippen molar-refractivity contribution in [3.05, 3.63) is 29.8 Å². The van der Waals surface area contributed by atoms with E-state index in [9.17, 15) is 8.78 Å². The van der Waals surface area contributed by atoms with Crippen molar-refractivity contribution in [2.45, 2.75) is 26.0 Å². The zero-order valence-electron chi connectivity index (χ0n) is 11.5. The van der Waals surface area contributed by atoms with Gasteiger partial charge in [-0.25, -0.2) is 0 Å². The highest BCUT2D eigenvalue weighted by Crippen LogP contribution is 2.26. The molecule has 0 aliphatic carbocycles. The van der Waals surface area contributed by atoms with Crippen LogP contribution in [-0.4, -0.2) is 38.1 Å². The maximum atomic E-state index is 12.3. The first-order valence-electron chi connectivity index (χ1n) is 6.61. The number of aliphatic hydroxyl groups is 1. The molecular weight excluding hydrogens is 268 g/mol. The van der Waals surface area contributed by atoms with E-state index in [-0.39, 0.29) is 18.4 Å². The van der Waals surface area contributed by atoms with Crippen LogP contribution in [0.2, 0.25) is 0 Å². The van der Waals surface area contributed by atoms with E-state index in [2.05, 4.69) is 10.1 Å². The molecule has 4 nitrogen and oxygen atoms in total. The lowest BCUT2D eigenvalue weighted by molar-refractivity contribution is -0.0506. The molecule has 0 bridgehead atoms. The third kappa shape index (κ3) is 6.27. The van der Waals surface area contributed by atoms with Crippen LogP contribution in [0.4, 0.5) is 8.78 Å². The number of alkyl halides is 2. The summed E-state index contributed by atoms with van der Waals surface area (Å²) in [5, 5.41) is 11.8. The van der Waals surface area contributed by atoms with Gasteiger partial charge in [0.2, 0.25) is 0 Å². The van der Waals surface area contributed by atoms with Gasteiger partial charge in [0.25, 0.3) is 0 Å². The van der Waals surface area contributed by atoms with Crippen molar-refractivity contribution in [1.29, 1.82) is 0 Å². The van der Waals surface area contributed by atoms with Gasteiger partial charge in [-0.2, -0.15) is 8.78 Å². The molecule has 1 rings (SSSR count). The molecule has 0 aliphatic heterocycles. The Labute approximate surface area is 117 Å². The van der Waals surface area contributed by atoms with Gasteiger partial charge >= 0.3 is 6.61 Å². The normalized spacial score (nSPS) is 12.7. The molecule has 0 saturated carbocycles. The smallest absolute Gasteiger partial charge is 0.387 e. The highest BCUT2D eigenvalue weighted by molar-refractivity contribution is 5.35. The molecule has 1 atom stereocenters. The number of halogens is 2. The summed E-state index contributed by atoms with van der Waals surface area (Å²) in [6.45, 7) is 0.658. The zero-order chi connectivity index (χ0) is 14.8. The average Bonchev–Trinajstić information content (AvgIpc) is 2.42. The van der Waals surface area contributed by atoms with E-state index in [0.717, 1.165) is 6.42 Å². The molecular formula is C14H21F2NO3. The Hall–Kier alpha value is -1.24. The van der Waals surface area contributed by atoms with Crippen LogP contribution in [0.5, 0.6) is 5.75 Å². The Morgan fingerprint density at radius 1 is 1.25 bits per heavy atom. The van der Waals surface area contributed by atoms with Gasteiger partial charge in [0, 0.05) is 18.2 Å². The van der Waals surface area contributed by atoms with Crippen molar-refractivity contribution in [3.8, 4) is 5.75 Å². The van der Waals surface area contributed by atoms with Gasteiger partial charge < -0.3 is 19.9 Å². The number of hydrogen-bond acceptors (Lipinski definition) is 4. The Morgan fingerprint density at radius 2 is 2.00 bits per heavy atom. The van der Waals surface area contributed by atoms with Gasteiger partial charge in [0.15, 0.2) is 0 Å². The van der Waals surface area contributed by atoms with E-state index in [1.807, 2.05) is 6.92 Å². The van der Waals surface area contributed by atoms with Crippen molar-refractivity contribution in [3.63, 3.8) is 0 Å². The Morgan fingerprint density at radius 3 is 2.70 bits per heavy atom. The predicted octanol–water partition coefficient (Wildman–Crippen LogP) is 2.34. The Balaban J connectivity index is 2.40. The fourth-order valence-corrected chi connectivity index (χ4v) is 1.81. The minimum absolute atomic E-state index is 0.0160. The summed E-state index contributed by atoms with van der Waals surface area (Å²) in [5.41, 5.74) is 0.698. The van der Waals surface area contributed by atoms with E-state index in [4.69, 9.17) is 9.84 Å². The highest BCUT2D eigenvalue weighted by Gasteiger charge is 2.13. The van der Waals surface area contributed by atoms with Crippen molar-refractivity contribution < 1.29 is 23.4 Å². The van der Waals surface area contributed by atoms with Crippen molar-refractivity contribution in [1.82, 2.24) is 5.32 Å². The second-order valence-corrected chi connectivity index (χ2v) is 4.28. The van der Waals surface area contributed by atoms with Gasteiger partial charge in [-0.3, -0.25) is 0 Å². The van der Waals surface area contributed by atoms with Crippen molar-refractivity contribution >= 4 is 0 Å². The minimum atomic E-state index is -2.82. The van der Waals surface area contributed by atoms with Crippen LogP contribution in [0.15, 0.2) is 24.3 Å². The first-order chi connectivity index (χ1) is 9.65. The molecule has 2 N–H and O–H groups in total. The summed E-state index contributed by atoms with van der Waals surface area (Å²) >= 11 is 0. The molecule has 0 saturated heterocycles. The summed E-state index contributed by atoms with van der Waals surface area (Å²) in [5.74, 6) is 0.194. The lowest BCUT2D eigenvalue weighted by Gasteiger charge is -2.18. The Kier molecular flexibility index (Phi) is 8.10. The van der Waals surface area contributed by atoms with Crippen molar-refractivity contribution in [2.75, 3.05) is 26.4 Å². The molecule has 0 amide bonds. The number of aliphatic hydroxyl groups excluding tert-OH is 1. The van der Waals surface area contributed by atoms with Gasteiger partial charge in [0.05, 0.1) is 13.2 Å². The molecule has 0 aliphatic rings. The summed E-state index contributed by atoms with van der Waals surface area (Å²) in [6, 6.07) is 6.65. The molecule has 0 spiro atoms. The van der Waals surface area contributed by atoms with Gasteiger partial charge in [-0.1, -0.05) is 18.2 Å². The number of ether oxygens (including phenoxy) is 2.